The summed E-state index contributed by atoms with van der Waals surface area (Å²) in [6, 6.07) is 3.11. The topological polar surface area (TPSA) is 55.4 Å². The minimum Gasteiger partial charge on any atom is -0.396 e. The highest BCUT2D eigenvalue weighted by Gasteiger charge is 2.04. The van der Waals surface area contributed by atoms with Crippen LogP contribution in [0.15, 0.2) is 21.8 Å². The average molecular weight is 235 g/mol. The molecule has 0 heterocycles. The molecule has 2 N–H and O–H groups in total. The molecule has 58 valence electrons. The van der Waals surface area contributed by atoms with Gasteiger partial charge in [-0.05, 0) is 17.3 Å². The number of rotatable bonds is 1. The van der Waals surface area contributed by atoms with E-state index in [1.807, 2.05) is 0 Å². The Labute approximate surface area is 76.6 Å². The molecule has 0 aliphatic carbocycles. The van der Waals surface area contributed by atoms with Crippen molar-refractivity contribution in [2.75, 3.05) is 5.73 Å². The van der Waals surface area contributed by atoms with Crippen molar-refractivity contribution in [3.63, 3.8) is 0 Å². The van der Waals surface area contributed by atoms with E-state index in [2.05, 4.69) is 21.1 Å². The smallest absolute Gasteiger partial charge is 0.133 e. The molecule has 0 aliphatic rings. The Morgan fingerprint density at radius 3 is 2.73 bits per heavy atom. The molecule has 1 aromatic carbocycles. The number of nitrogens with two attached hydrogens (primary N) is 1. The van der Waals surface area contributed by atoms with Gasteiger partial charge in [0, 0.05) is 4.47 Å². The van der Waals surface area contributed by atoms with Gasteiger partial charge in [0.2, 0.25) is 0 Å². The normalized spacial score (nSPS) is 9.64. The van der Waals surface area contributed by atoms with Crippen molar-refractivity contribution in [1.29, 1.82) is 0 Å². The predicted octanol–water partition coefficient (Wildman–Crippen LogP) is 3.08. The Morgan fingerprint density at radius 1 is 1.55 bits per heavy atom. The fraction of sp³-hybridized carbons (Fsp3) is 0. The second-order valence-electron chi connectivity index (χ2n) is 1.91. The van der Waals surface area contributed by atoms with Crippen LogP contribution in [0, 0.1) is 4.91 Å². The SMILES string of the molecule is Nc1c(Cl)cc(Br)cc1N=O. The van der Waals surface area contributed by atoms with E-state index in [1.54, 1.807) is 6.07 Å². The van der Waals surface area contributed by atoms with E-state index in [0.29, 0.717) is 9.50 Å². The molecule has 0 saturated carbocycles. The van der Waals surface area contributed by atoms with Gasteiger partial charge in [-0.25, -0.2) is 0 Å². The number of hydrogen-bond donors (Lipinski definition) is 1. The number of benzene rings is 1. The molecule has 0 amide bonds. The molecular formula is C6H4BrClN2O. The van der Waals surface area contributed by atoms with Gasteiger partial charge in [-0.3, -0.25) is 0 Å². The fourth-order valence-electron chi connectivity index (χ4n) is 0.647. The zero-order chi connectivity index (χ0) is 8.43. The highest BCUT2D eigenvalue weighted by atomic mass is 79.9. The van der Waals surface area contributed by atoms with E-state index in [1.165, 1.54) is 6.07 Å². The maximum atomic E-state index is 10.1. The molecule has 1 rings (SSSR count). The quantitative estimate of drug-likeness (QED) is 0.601. The van der Waals surface area contributed by atoms with E-state index in [-0.39, 0.29) is 11.4 Å². The van der Waals surface area contributed by atoms with Gasteiger partial charge in [0.15, 0.2) is 0 Å². The van der Waals surface area contributed by atoms with E-state index in [0.717, 1.165) is 0 Å². The first-order chi connectivity index (χ1) is 5.15. The Kier molecular flexibility index (Phi) is 2.46. The number of anilines is 1. The Bertz CT molecular complexity index is 303. The van der Waals surface area contributed by atoms with Crippen molar-refractivity contribution in [1.82, 2.24) is 0 Å². The van der Waals surface area contributed by atoms with Crippen molar-refractivity contribution >= 4 is 38.9 Å². The van der Waals surface area contributed by atoms with Crippen LogP contribution in [0.25, 0.3) is 0 Å². The molecule has 0 aliphatic heterocycles. The summed E-state index contributed by atoms with van der Waals surface area (Å²) in [5, 5.41) is 3.03. The van der Waals surface area contributed by atoms with Crippen LogP contribution < -0.4 is 5.73 Å². The minimum atomic E-state index is 0.157. The largest absolute Gasteiger partial charge is 0.396 e. The maximum Gasteiger partial charge on any atom is 0.133 e. The highest BCUT2D eigenvalue weighted by Crippen LogP contribution is 2.33. The summed E-state index contributed by atoms with van der Waals surface area (Å²) in [6.07, 6.45) is 0. The second-order valence-corrected chi connectivity index (χ2v) is 3.23. The molecule has 0 fully saturated rings. The van der Waals surface area contributed by atoms with Crippen LogP contribution in [0.4, 0.5) is 11.4 Å². The molecule has 0 atom stereocenters. The zero-order valence-electron chi connectivity index (χ0n) is 5.34. The molecule has 0 saturated heterocycles. The maximum absolute atomic E-state index is 10.1. The first-order valence-corrected chi connectivity index (χ1v) is 3.90. The standard InChI is InChI=1S/C6H4BrClN2O/c7-3-1-4(8)6(9)5(2-3)10-11/h1-2H,9H2. The van der Waals surface area contributed by atoms with E-state index in [4.69, 9.17) is 17.3 Å². The van der Waals surface area contributed by atoms with Crippen molar-refractivity contribution < 1.29 is 0 Å². The van der Waals surface area contributed by atoms with Crippen molar-refractivity contribution in [3.05, 3.63) is 26.5 Å². The minimum absolute atomic E-state index is 0.157. The first-order valence-electron chi connectivity index (χ1n) is 2.73. The van der Waals surface area contributed by atoms with Crippen molar-refractivity contribution in [2.45, 2.75) is 0 Å². The number of hydrogen-bond acceptors (Lipinski definition) is 3. The third-order valence-corrected chi connectivity index (χ3v) is 1.94. The summed E-state index contributed by atoms with van der Waals surface area (Å²) in [6.45, 7) is 0. The van der Waals surface area contributed by atoms with Crippen LogP contribution in [-0.4, -0.2) is 0 Å². The molecular weight excluding hydrogens is 231 g/mol. The van der Waals surface area contributed by atoms with Gasteiger partial charge in [-0.15, -0.1) is 4.91 Å². The number of nitroso groups, excluding NO2 is 1. The van der Waals surface area contributed by atoms with Gasteiger partial charge < -0.3 is 5.73 Å². The van der Waals surface area contributed by atoms with Crippen LogP contribution in [0.5, 0.6) is 0 Å². The second kappa shape index (κ2) is 3.19. The van der Waals surface area contributed by atoms with E-state index < -0.39 is 0 Å². The average Bonchev–Trinajstić information content (AvgIpc) is 1.96. The molecule has 11 heavy (non-hydrogen) atoms. The van der Waals surface area contributed by atoms with Gasteiger partial charge >= 0.3 is 0 Å². The summed E-state index contributed by atoms with van der Waals surface area (Å²) in [5.74, 6) is 0. The lowest BCUT2D eigenvalue weighted by atomic mass is 10.3. The van der Waals surface area contributed by atoms with E-state index in [9.17, 15) is 4.91 Å². The van der Waals surface area contributed by atoms with Crippen LogP contribution >= 0.6 is 27.5 Å². The first kappa shape index (κ1) is 8.49. The lowest BCUT2D eigenvalue weighted by Crippen LogP contribution is -1.86. The third kappa shape index (κ3) is 1.70. The van der Waals surface area contributed by atoms with Crippen molar-refractivity contribution in [2.24, 2.45) is 5.18 Å². The predicted molar refractivity (Wildman–Crippen MR) is 49.0 cm³/mol. The Hall–Kier alpha value is -0.610. The summed E-state index contributed by atoms with van der Waals surface area (Å²) in [4.78, 5) is 10.1. The highest BCUT2D eigenvalue weighted by molar-refractivity contribution is 9.10. The summed E-state index contributed by atoms with van der Waals surface area (Å²) in [5.41, 5.74) is 5.79. The Balaban J connectivity index is 3.35. The molecule has 1 aromatic rings. The molecule has 0 aromatic heterocycles. The Morgan fingerprint density at radius 2 is 2.18 bits per heavy atom. The summed E-state index contributed by atoms with van der Waals surface area (Å²) in [7, 11) is 0. The summed E-state index contributed by atoms with van der Waals surface area (Å²) >= 11 is 8.79. The molecule has 3 nitrogen and oxygen atoms in total. The number of nitrogens with zero attached hydrogens (tertiary/aromatic N) is 1. The molecule has 0 spiro atoms. The lowest BCUT2D eigenvalue weighted by molar-refractivity contribution is 1.48. The van der Waals surface area contributed by atoms with Crippen molar-refractivity contribution in [3.8, 4) is 0 Å². The van der Waals surface area contributed by atoms with Crippen LogP contribution in [0.2, 0.25) is 5.02 Å². The van der Waals surface area contributed by atoms with Gasteiger partial charge in [0.1, 0.15) is 5.69 Å². The summed E-state index contributed by atoms with van der Waals surface area (Å²) < 4.78 is 0.686. The van der Waals surface area contributed by atoms with Crippen LogP contribution in [0.1, 0.15) is 0 Å². The molecule has 0 radical (unpaired) electrons. The van der Waals surface area contributed by atoms with Crippen LogP contribution in [0.3, 0.4) is 0 Å². The van der Waals surface area contributed by atoms with Gasteiger partial charge in [0.25, 0.3) is 0 Å². The molecule has 0 unspecified atom stereocenters. The fourth-order valence-corrected chi connectivity index (χ4v) is 1.44. The zero-order valence-corrected chi connectivity index (χ0v) is 7.69. The number of nitrogen functional groups attached to an aromatic ring is 1. The molecule has 0 bridgehead atoms. The van der Waals surface area contributed by atoms with Gasteiger partial charge in [-0.2, -0.15) is 0 Å². The number of halogens is 2. The monoisotopic (exact) mass is 234 g/mol. The molecule has 5 heteroatoms. The van der Waals surface area contributed by atoms with Crippen LogP contribution in [-0.2, 0) is 0 Å². The van der Waals surface area contributed by atoms with E-state index >= 15 is 0 Å². The lowest BCUT2D eigenvalue weighted by Gasteiger charge is -1.99. The third-order valence-electron chi connectivity index (χ3n) is 1.17. The van der Waals surface area contributed by atoms with Gasteiger partial charge in [0.05, 0.1) is 10.7 Å². The van der Waals surface area contributed by atoms with Gasteiger partial charge in [-0.1, -0.05) is 27.5 Å².